The number of pyridine rings is 1. The molecule has 0 unspecified atom stereocenters. The molecule has 5 nitrogen and oxygen atoms in total. The molecule has 0 atom stereocenters. The number of furan rings is 1. The van der Waals surface area contributed by atoms with Crippen molar-refractivity contribution in [3.63, 3.8) is 0 Å². The van der Waals surface area contributed by atoms with Gasteiger partial charge in [-0.15, -0.1) is 0 Å². The molecule has 0 bridgehead atoms. The zero-order valence-electron chi connectivity index (χ0n) is 48.5. The maximum Gasteiger partial charge on any atom is 0.269 e. The van der Waals surface area contributed by atoms with Gasteiger partial charge in [-0.25, -0.2) is 4.98 Å². The van der Waals surface area contributed by atoms with Crippen molar-refractivity contribution in [2.45, 2.75) is 58.8 Å². The Hall–Kier alpha value is -9.06. The Morgan fingerprint density at radius 1 is 0.513 bits per heavy atom. The third-order valence-electron chi connectivity index (χ3n) is 14.9. The van der Waals surface area contributed by atoms with Gasteiger partial charge in [-0.3, -0.25) is 13.7 Å². The van der Waals surface area contributed by atoms with Crippen LogP contribution in [0.3, 0.4) is 0 Å². The van der Waals surface area contributed by atoms with Crippen LogP contribution in [0.15, 0.2) is 235 Å². The van der Waals surface area contributed by atoms with Crippen molar-refractivity contribution >= 4 is 43.8 Å². The van der Waals surface area contributed by atoms with E-state index in [4.69, 9.17) is 16.3 Å². The van der Waals surface area contributed by atoms with Crippen LogP contribution in [-0.4, -0.2) is 14.1 Å². The van der Waals surface area contributed by atoms with E-state index in [0.29, 0.717) is 12.0 Å². The lowest BCUT2D eigenvalue weighted by Crippen LogP contribution is -2.31. The SMILES string of the molecule is [2H]c1c([2H])c([2H])c(-c2cc(-c3cccc(-c4cccc(-c5ccc(C(C)(C)C)cc5)c4)c3-[n+]3[c-]n(-c4cccc(Cc5ccc6c7ccccc7n(-c7nccc8occc78)c6c5)c4)c4ccccc43)cc(C(C)(C)C)c2)c([2H])c1[2H]. The molecule has 76 heavy (non-hydrogen) atoms. The molecule has 0 amide bonds. The quantitative estimate of drug-likeness (QED) is 0.107. The van der Waals surface area contributed by atoms with Gasteiger partial charge in [0.05, 0.1) is 51.9 Å². The molecule has 0 spiro atoms. The molecule has 0 aliphatic heterocycles. The smallest absolute Gasteiger partial charge is 0.269 e. The van der Waals surface area contributed by atoms with Gasteiger partial charge in [0.2, 0.25) is 0 Å². The van der Waals surface area contributed by atoms with E-state index >= 15 is 0 Å². The number of fused-ring (bicyclic) bond motifs is 5. The topological polar surface area (TPSA) is 39.8 Å². The normalized spacial score (nSPS) is 13.1. The van der Waals surface area contributed by atoms with Crippen LogP contribution in [-0.2, 0) is 17.3 Å². The largest absolute Gasteiger partial charge is 0.464 e. The molecule has 13 aromatic rings. The molecule has 0 saturated heterocycles. The molecule has 9 aromatic carbocycles. The van der Waals surface area contributed by atoms with Crippen LogP contribution in [0, 0.1) is 6.33 Å². The molecular formula is C71H58N4O. The molecule has 0 aliphatic carbocycles. The predicted molar refractivity (Wildman–Crippen MR) is 314 cm³/mol. The zero-order chi connectivity index (χ0) is 56.1. The molecule has 368 valence electrons. The minimum absolute atomic E-state index is 0.0186. The number of benzene rings is 9. The van der Waals surface area contributed by atoms with Gasteiger partial charge in [0.25, 0.3) is 6.33 Å². The predicted octanol–water partition coefficient (Wildman–Crippen LogP) is 17.8. The number of imidazole rings is 1. The molecule has 4 heterocycles. The Balaban J connectivity index is 0.983. The van der Waals surface area contributed by atoms with E-state index in [1.165, 1.54) is 5.56 Å². The van der Waals surface area contributed by atoms with Crippen LogP contribution >= 0.6 is 0 Å². The lowest BCUT2D eigenvalue weighted by molar-refractivity contribution is -0.571. The minimum atomic E-state index is -0.420. The second kappa shape index (κ2) is 18.4. The maximum absolute atomic E-state index is 9.11. The number of nitrogens with zero attached hydrogens (tertiary/aromatic N) is 4. The average Bonchev–Trinajstić information content (AvgIpc) is 4.06. The monoisotopic (exact) mass is 987 g/mol. The van der Waals surface area contributed by atoms with E-state index in [9.17, 15) is 0 Å². The second-order valence-corrected chi connectivity index (χ2v) is 21.9. The molecule has 0 N–H and O–H groups in total. The van der Waals surface area contributed by atoms with Gasteiger partial charge >= 0.3 is 0 Å². The van der Waals surface area contributed by atoms with Crippen LogP contribution in [0.25, 0.3) is 106 Å². The van der Waals surface area contributed by atoms with Crippen molar-refractivity contribution in [2.24, 2.45) is 0 Å². The number of hydrogen-bond acceptors (Lipinski definition) is 2. The number of rotatable bonds is 9. The first-order valence-corrected chi connectivity index (χ1v) is 26.0. The van der Waals surface area contributed by atoms with Gasteiger partial charge in [0.15, 0.2) is 0 Å². The summed E-state index contributed by atoms with van der Waals surface area (Å²) in [4.78, 5) is 4.91. The van der Waals surface area contributed by atoms with Crippen molar-refractivity contribution in [1.82, 2.24) is 14.1 Å². The third kappa shape index (κ3) is 8.39. The van der Waals surface area contributed by atoms with Crippen LogP contribution in [0.2, 0.25) is 0 Å². The van der Waals surface area contributed by atoms with Crippen LogP contribution in [0.1, 0.15) is 70.7 Å². The molecule has 0 aliphatic rings. The van der Waals surface area contributed by atoms with E-state index in [1.54, 1.807) is 6.26 Å². The summed E-state index contributed by atoms with van der Waals surface area (Å²) in [6.07, 6.45) is 8.10. The van der Waals surface area contributed by atoms with E-state index in [0.717, 1.165) is 111 Å². The average molecular weight is 988 g/mol. The van der Waals surface area contributed by atoms with Crippen LogP contribution in [0.4, 0.5) is 0 Å². The first kappa shape index (κ1) is 41.3. The van der Waals surface area contributed by atoms with Gasteiger partial charge in [0, 0.05) is 17.0 Å². The Bertz CT molecular complexity index is 4620. The minimum Gasteiger partial charge on any atom is -0.464 e. The lowest BCUT2D eigenvalue weighted by atomic mass is 9.82. The zero-order valence-corrected chi connectivity index (χ0v) is 43.5. The molecule has 0 radical (unpaired) electrons. The Labute approximate surface area is 451 Å². The van der Waals surface area contributed by atoms with Crippen molar-refractivity contribution < 1.29 is 15.8 Å². The summed E-state index contributed by atoms with van der Waals surface area (Å²) >= 11 is 0. The fourth-order valence-electron chi connectivity index (χ4n) is 10.9. The Morgan fingerprint density at radius 2 is 1.20 bits per heavy atom. The van der Waals surface area contributed by atoms with Gasteiger partial charge in [0.1, 0.15) is 11.4 Å². The summed E-state index contributed by atoms with van der Waals surface area (Å²) in [7, 11) is 0. The Morgan fingerprint density at radius 3 is 2.01 bits per heavy atom. The van der Waals surface area contributed by atoms with Crippen molar-refractivity contribution in [3.8, 4) is 61.7 Å². The van der Waals surface area contributed by atoms with Crippen molar-refractivity contribution in [3.05, 3.63) is 259 Å². The van der Waals surface area contributed by atoms with Crippen LogP contribution in [0.5, 0.6) is 0 Å². The highest BCUT2D eigenvalue weighted by molar-refractivity contribution is 6.10. The molecule has 0 saturated carbocycles. The Kier molecular flexibility index (Phi) is 10.0. The van der Waals surface area contributed by atoms with Crippen molar-refractivity contribution in [1.29, 1.82) is 0 Å². The first-order valence-electron chi connectivity index (χ1n) is 28.5. The molecular weight excluding hydrogens is 925 g/mol. The summed E-state index contributed by atoms with van der Waals surface area (Å²) in [5.74, 6) is 0.828. The highest BCUT2D eigenvalue weighted by Gasteiger charge is 2.24. The highest BCUT2D eigenvalue weighted by atomic mass is 16.3. The third-order valence-corrected chi connectivity index (χ3v) is 14.9. The summed E-state index contributed by atoms with van der Waals surface area (Å²) in [6.45, 7) is 13.1. The first-order chi connectivity index (χ1) is 39.0. The summed E-state index contributed by atoms with van der Waals surface area (Å²) in [6, 6.07) is 64.6. The standard InChI is InChI=1S/C71H58N4O/c1-70(2,3)55-32-30-50(31-33-55)51-20-15-21-52(42-51)58-24-16-25-59(54-43-53(49-18-8-7-9-19-49)44-56(45-54)71(4,5)6)68(58)74-46-73(64-27-12-13-28-65(64)74)57-22-14-17-47(40-57)39-48-29-34-61-60-23-10-11-26-63(60)75(66(61)41-48)69-62-36-38-76-67(62)35-37-72-69/h7-38,40-45H,39H2,1-6H3/i7D,8D,9D,18D,19D. The van der Waals surface area contributed by atoms with Crippen molar-refractivity contribution in [2.75, 3.05) is 0 Å². The number of hydrogen-bond donors (Lipinski definition) is 0. The maximum atomic E-state index is 9.11. The van der Waals surface area contributed by atoms with E-state index < -0.39 is 6.04 Å². The van der Waals surface area contributed by atoms with E-state index in [-0.39, 0.29) is 40.6 Å². The molecule has 13 rings (SSSR count). The highest BCUT2D eigenvalue weighted by Crippen LogP contribution is 2.41. The number of para-hydroxylation sites is 4. The summed E-state index contributed by atoms with van der Waals surface area (Å²) in [5.41, 5.74) is 17.4. The fraction of sp³-hybridized carbons (Fsp3) is 0.127. The van der Waals surface area contributed by atoms with Gasteiger partial charge in [-0.1, -0.05) is 211 Å². The van der Waals surface area contributed by atoms with Gasteiger partial charge in [-0.05, 0) is 133 Å². The fourth-order valence-corrected chi connectivity index (χ4v) is 10.9. The van der Waals surface area contributed by atoms with E-state index in [1.807, 2.05) is 30.5 Å². The molecule has 5 heteroatoms. The summed E-state index contributed by atoms with van der Waals surface area (Å²) in [5, 5.41) is 3.26. The van der Waals surface area contributed by atoms with Gasteiger partial charge < -0.3 is 4.42 Å². The van der Waals surface area contributed by atoms with Crippen LogP contribution < -0.4 is 4.57 Å². The molecule has 4 aromatic heterocycles. The van der Waals surface area contributed by atoms with E-state index in [2.05, 4.69) is 225 Å². The second-order valence-electron chi connectivity index (χ2n) is 21.9. The van der Waals surface area contributed by atoms with Gasteiger partial charge in [-0.2, -0.15) is 0 Å². The lowest BCUT2D eigenvalue weighted by Gasteiger charge is -2.23. The summed E-state index contributed by atoms with van der Waals surface area (Å²) < 4.78 is 56.4. The number of aromatic nitrogens is 4. The molecule has 0 fully saturated rings.